The third-order valence-electron chi connectivity index (χ3n) is 2.61. The van der Waals surface area contributed by atoms with Crippen LogP contribution in [0.25, 0.3) is 0 Å². The summed E-state index contributed by atoms with van der Waals surface area (Å²) in [7, 11) is 0. The zero-order chi connectivity index (χ0) is 13.7. The van der Waals surface area contributed by atoms with E-state index in [2.05, 4.69) is 10.5 Å². The zero-order valence-corrected chi connectivity index (χ0v) is 10.6. The van der Waals surface area contributed by atoms with E-state index in [1.54, 1.807) is 35.9 Å². The molecule has 1 N–H and O–H groups in total. The summed E-state index contributed by atoms with van der Waals surface area (Å²) in [5.74, 6) is -0.0876. The van der Waals surface area contributed by atoms with Gasteiger partial charge >= 0.3 is 0 Å². The SMILES string of the molecule is Cc1cc(C(=O)NCCCn2ccccc2=O)on1. The number of nitrogens with zero attached hydrogens (tertiary/aromatic N) is 2. The molecule has 0 aliphatic heterocycles. The van der Waals surface area contributed by atoms with Crippen LogP contribution in [0.3, 0.4) is 0 Å². The van der Waals surface area contributed by atoms with E-state index < -0.39 is 0 Å². The van der Waals surface area contributed by atoms with Crippen LogP contribution in [0.5, 0.6) is 0 Å². The maximum absolute atomic E-state index is 11.6. The predicted octanol–water partition coefficient (Wildman–Crippen LogP) is 0.965. The van der Waals surface area contributed by atoms with E-state index in [1.807, 2.05) is 0 Å². The average Bonchev–Trinajstić information content (AvgIpc) is 2.83. The molecule has 0 aliphatic rings. The molecule has 0 fully saturated rings. The fourth-order valence-corrected chi connectivity index (χ4v) is 1.65. The van der Waals surface area contributed by atoms with Crippen molar-refractivity contribution in [2.45, 2.75) is 19.9 Å². The van der Waals surface area contributed by atoms with Crippen molar-refractivity contribution in [3.63, 3.8) is 0 Å². The molecule has 0 unspecified atom stereocenters. The normalized spacial score (nSPS) is 10.4. The Morgan fingerprint density at radius 3 is 3.00 bits per heavy atom. The molecule has 0 saturated heterocycles. The standard InChI is InChI=1S/C13H15N3O3/c1-10-9-11(19-15-10)13(18)14-6-4-8-16-7-3-2-5-12(16)17/h2-3,5,7,9H,4,6,8H2,1H3,(H,14,18). The van der Waals surface area contributed by atoms with Gasteiger partial charge in [0.05, 0.1) is 5.69 Å². The molecule has 2 heterocycles. The lowest BCUT2D eigenvalue weighted by Crippen LogP contribution is -2.26. The number of aromatic nitrogens is 2. The fraction of sp³-hybridized carbons (Fsp3) is 0.308. The van der Waals surface area contributed by atoms with Gasteiger partial charge in [-0.05, 0) is 19.4 Å². The summed E-state index contributed by atoms with van der Waals surface area (Å²) in [6.07, 6.45) is 2.40. The van der Waals surface area contributed by atoms with Crippen molar-refractivity contribution in [2.24, 2.45) is 0 Å². The van der Waals surface area contributed by atoms with Crippen LogP contribution in [-0.4, -0.2) is 22.2 Å². The highest BCUT2D eigenvalue weighted by atomic mass is 16.5. The summed E-state index contributed by atoms with van der Waals surface area (Å²) in [5, 5.41) is 6.36. The lowest BCUT2D eigenvalue weighted by molar-refractivity contribution is 0.0916. The van der Waals surface area contributed by atoms with Crippen LogP contribution < -0.4 is 10.9 Å². The number of hydrogen-bond donors (Lipinski definition) is 1. The van der Waals surface area contributed by atoms with Crippen molar-refractivity contribution in [1.29, 1.82) is 0 Å². The number of nitrogens with one attached hydrogen (secondary N) is 1. The summed E-state index contributed by atoms with van der Waals surface area (Å²) in [6.45, 7) is 2.79. The molecular weight excluding hydrogens is 246 g/mol. The molecule has 2 aromatic rings. The second kappa shape index (κ2) is 5.99. The first-order chi connectivity index (χ1) is 9.16. The molecule has 0 bridgehead atoms. The molecule has 1 amide bonds. The topological polar surface area (TPSA) is 77.1 Å². The Hall–Kier alpha value is -2.37. The van der Waals surface area contributed by atoms with Crippen molar-refractivity contribution in [1.82, 2.24) is 15.0 Å². The van der Waals surface area contributed by atoms with Gasteiger partial charge in [-0.2, -0.15) is 0 Å². The lowest BCUT2D eigenvalue weighted by atomic mass is 10.3. The van der Waals surface area contributed by atoms with Gasteiger partial charge in [0.1, 0.15) is 0 Å². The molecule has 100 valence electrons. The Kier molecular flexibility index (Phi) is 4.12. The quantitative estimate of drug-likeness (QED) is 0.813. The van der Waals surface area contributed by atoms with Gasteiger partial charge in [0.2, 0.25) is 11.3 Å². The van der Waals surface area contributed by atoms with Gasteiger partial charge < -0.3 is 14.4 Å². The van der Waals surface area contributed by atoms with Gasteiger partial charge in [-0.15, -0.1) is 0 Å². The highest BCUT2D eigenvalue weighted by Crippen LogP contribution is 2.01. The zero-order valence-electron chi connectivity index (χ0n) is 10.6. The first kappa shape index (κ1) is 13.1. The van der Waals surface area contributed by atoms with Crippen LogP contribution in [0.15, 0.2) is 39.8 Å². The highest BCUT2D eigenvalue weighted by Gasteiger charge is 2.10. The molecule has 0 spiro atoms. The summed E-state index contributed by atoms with van der Waals surface area (Å²) < 4.78 is 6.45. The summed E-state index contributed by atoms with van der Waals surface area (Å²) in [4.78, 5) is 23.0. The van der Waals surface area contributed by atoms with Gasteiger partial charge in [-0.1, -0.05) is 11.2 Å². The molecule has 0 atom stereocenters. The van der Waals surface area contributed by atoms with Gasteiger partial charge in [0.15, 0.2) is 0 Å². The number of pyridine rings is 1. The van der Waals surface area contributed by atoms with E-state index in [1.165, 1.54) is 6.07 Å². The average molecular weight is 261 g/mol. The van der Waals surface area contributed by atoms with Crippen molar-refractivity contribution >= 4 is 5.91 Å². The third kappa shape index (κ3) is 3.54. The molecule has 0 aliphatic carbocycles. The van der Waals surface area contributed by atoms with E-state index in [0.29, 0.717) is 25.2 Å². The third-order valence-corrected chi connectivity index (χ3v) is 2.61. The van der Waals surface area contributed by atoms with Crippen molar-refractivity contribution < 1.29 is 9.32 Å². The van der Waals surface area contributed by atoms with Crippen molar-refractivity contribution in [3.05, 3.63) is 52.3 Å². The number of aryl methyl sites for hydroxylation is 2. The fourth-order valence-electron chi connectivity index (χ4n) is 1.65. The maximum atomic E-state index is 11.6. The molecule has 0 radical (unpaired) electrons. The summed E-state index contributed by atoms with van der Waals surface area (Å²) >= 11 is 0. The smallest absolute Gasteiger partial charge is 0.289 e. The van der Waals surface area contributed by atoms with Gasteiger partial charge in [0, 0.05) is 31.4 Å². The first-order valence-electron chi connectivity index (χ1n) is 6.04. The van der Waals surface area contributed by atoms with Crippen molar-refractivity contribution in [3.8, 4) is 0 Å². The van der Waals surface area contributed by atoms with Gasteiger partial charge in [-0.3, -0.25) is 9.59 Å². The Morgan fingerprint density at radius 1 is 1.47 bits per heavy atom. The first-order valence-corrected chi connectivity index (χ1v) is 6.04. The van der Waals surface area contributed by atoms with Crippen LogP contribution in [-0.2, 0) is 6.54 Å². The number of hydrogen-bond acceptors (Lipinski definition) is 4. The van der Waals surface area contributed by atoms with Crippen LogP contribution in [0, 0.1) is 6.92 Å². The Balaban J connectivity index is 1.77. The molecule has 0 saturated carbocycles. The van der Waals surface area contributed by atoms with Crippen molar-refractivity contribution in [2.75, 3.05) is 6.54 Å². The largest absolute Gasteiger partial charge is 0.351 e. The minimum absolute atomic E-state index is 0.0420. The number of carbonyl (C=O) groups excluding carboxylic acids is 1. The minimum Gasteiger partial charge on any atom is -0.351 e. The Bertz CT molecular complexity index is 615. The van der Waals surface area contributed by atoms with E-state index in [9.17, 15) is 9.59 Å². The highest BCUT2D eigenvalue weighted by molar-refractivity contribution is 5.91. The monoisotopic (exact) mass is 261 g/mol. The van der Waals surface area contributed by atoms with E-state index in [0.717, 1.165) is 0 Å². The lowest BCUT2D eigenvalue weighted by Gasteiger charge is -2.05. The molecule has 19 heavy (non-hydrogen) atoms. The summed E-state index contributed by atoms with van der Waals surface area (Å²) in [5.41, 5.74) is 0.626. The second-order valence-corrected chi connectivity index (χ2v) is 4.17. The second-order valence-electron chi connectivity index (χ2n) is 4.17. The van der Waals surface area contributed by atoms with Crippen LogP contribution in [0.1, 0.15) is 22.7 Å². The number of amides is 1. The maximum Gasteiger partial charge on any atom is 0.289 e. The van der Waals surface area contributed by atoms with E-state index in [-0.39, 0.29) is 17.2 Å². The molecule has 2 aromatic heterocycles. The molecule has 6 nitrogen and oxygen atoms in total. The Morgan fingerprint density at radius 2 is 2.32 bits per heavy atom. The van der Waals surface area contributed by atoms with Gasteiger partial charge in [0.25, 0.3) is 5.91 Å². The Labute approximate surface area is 110 Å². The summed E-state index contributed by atoms with van der Waals surface area (Å²) in [6, 6.07) is 6.59. The number of carbonyl (C=O) groups is 1. The predicted molar refractivity (Wildman–Crippen MR) is 68.9 cm³/mol. The number of rotatable bonds is 5. The van der Waals surface area contributed by atoms with Gasteiger partial charge in [-0.25, -0.2) is 0 Å². The van der Waals surface area contributed by atoms with Crippen LogP contribution in [0.2, 0.25) is 0 Å². The molecule has 2 rings (SSSR count). The van der Waals surface area contributed by atoms with Crippen LogP contribution in [0.4, 0.5) is 0 Å². The molecule has 6 heteroatoms. The molecular formula is C13H15N3O3. The minimum atomic E-state index is -0.291. The van der Waals surface area contributed by atoms with Crippen LogP contribution >= 0.6 is 0 Å². The van der Waals surface area contributed by atoms with E-state index in [4.69, 9.17) is 4.52 Å². The molecule has 0 aromatic carbocycles. The van der Waals surface area contributed by atoms with E-state index >= 15 is 0 Å².